The number of nitrogens with zero attached hydrogens (tertiary/aromatic N) is 1. The molecule has 0 aliphatic carbocycles. The Hall–Kier alpha value is -2.04. The Morgan fingerprint density at radius 3 is 2.71 bits per heavy atom. The van der Waals surface area contributed by atoms with E-state index in [2.05, 4.69) is 10.6 Å². The molecule has 5 nitrogen and oxygen atoms in total. The standard InChI is InChI=1S/C12H15N3O2/c1-9-2-4-10(5-3-9)14-12(17)15-7-6-13-11(16)8-15/h2-5H,6-8H2,1H3,(H,13,16)(H,14,17). The molecule has 3 amide bonds. The van der Waals surface area contributed by atoms with Gasteiger partial charge in [-0.3, -0.25) is 4.79 Å². The predicted molar refractivity (Wildman–Crippen MR) is 64.8 cm³/mol. The van der Waals surface area contributed by atoms with Gasteiger partial charge in [0, 0.05) is 18.8 Å². The van der Waals surface area contributed by atoms with Crippen LogP contribution in [0.25, 0.3) is 0 Å². The number of nitrogens with one attached hydrogen (secondary N) is 2. The minimum atomic E-state index is -0.233. The molecule has 1 fully saturated rings. The fraction of sp³-hybridized carbons (Fsp3) is 0.333. The number of anilines is 1. The molecule has 17 heavy (non-hydrogen) atoms. The quantitative estimate of drug-likeness (QED) is 0.759. The number of urea groups is 1. The van der Waals surface area contributed by atoms with Gasteiger partial charge in [-0.1, -0.05) is 17.7 Å². The average Bonchev–Trinajstić information content (AvgIpc) is 2.32. The van der Waals surface area contributed by atoms with Gasteiger partial charge in [-0.15, -0.1) is 0 Å². The molecule has 1 heterocycles. The zero-order valence-corrected chi connectivity index (χ0v) is 9.69. The molecule has 2 N–H and O–H groups in total. The second-order valence-electron chi connectivity index (χ2n) is 4.07. The Morgan fingerprint density at radius 1 is 1.35 bits per heavy atom. The number of carbonyl (C=O) groups excluding carboxylic acids is 2. The lowest BCUT2D eigenvalue weighted by atomic mass is 10.2. The van der Waals surface area contributed by atoms with Crippen LogP contribution >= 0.6 is 0 Å². The Kier molecular flexibility index (Phi) is 3.27. The molecule has 0 atom stereocenters. The summed E-state index contributed by atoms with van der Waals surface area (Å²) in [7, 11) is 0. The van der Waals surface area contributed by atoms with Crippen LogP contribution in [0.1, 0.15) is 5.56 Å². The van der Waals surface area contributed by atoms with E-state index in [1.165, 1.54) is 4.90 Å². The Balaban J connectivity index is 1.96. The highest BCUT2D eigenvalue weighted by Crippen LogP contribution is 2.09. The molecule has 1 aliphatic rings. The molecule has 1 aromatic rings. The highest BCUT2D eigenvalue weighted by atomic mass is 16.2. The minimum absolute atomic E-state index is 0.115. The van der Waals surface area contributed by atoms with Crippen LogP contribution in [-0.2, 0) is 4.79 Å². The van der Waals surface area contributed by atoms with Crippen molar-refractivity contribution in [1.29, 1.82) is 0 Å². The van der Waals surface area contributed by atoms with Gasteiger partial charge in [0.25, 0.3) is 0 Å². The van der Waals surface area contributed by atoms with E-state index in [9.17, 15) is 9.59 Å². The van der Waals surface area contributed by atoms with Crippen LogP contribution in [0, 0.1) is 6.92 Å². The Morgan fingerprint density at radius 2 is 2.06 bits per heavy atom. The van der Waals surface area contributed by atoms with Gasteiger partial charge in [-0.25, -0.2) is 4.79 Å². The van der Waals surface area contributed by atoms with Gasteiger partial charge in [-0.05, 0) is 19.1 Å². The first-order valence-electron chi connectivity index (χ1n) is 5.54. The highest BCUT2D eigenvalue weighted by Gasteiger charge is 2.20. The summed E-state index contributed by atoms with van der Waals surface area (Å²) in [5.41, 5.74) is 1.88. The molecule has 0 unspecified atom stereocenters. The predicted octanol–water partition coefficient (Wildman–Crippen LogP) is 0.959. The first-order chi connectivity index (χ1) is 8.15. The molecule has 5 heteroatoms. The maximum Gasteiger partial charge on any atom is 0.322 e. The number of benzene rings is 1. The van der Waals surface area contributed by atoms with Crippen molar-refractivity contribution in [1.82, 2.24) is 10.2 Å². The maximum absolute atomic E-state index is 11.8. The first kappa shape index (κ1) is 11.4. The van der Waals surface area contributed by atoms with E-state index in [1.807, 2.05) is 31.2 Å². The van der Waals surface area contributed by atoms with E-state index in [0.717, 1.165) is 11.3 Å². The number of hydrogen-bond donors (Lipinski definition) is 2. The SMILES string of the molecule is Cc1ccc(NC(=O)N2CCNC(=O)C2)cc1. The molecular weight excluding hydrogens is 218 g/mol. The molecule has 0 bridgehead atoms. The van der Waals surface area contributed by atoms with Gasteiger partial charge < -0.3 is 15.5 Å². The van der Waals surface area contributed by atoms with Crippen molar-refractivity contribution in [2.24, 2.45) is 0 Å². The molecule has 0 aromatic heterocycles. The third-order valence-corrected chi connectivity index (χ3v) is 2.63. The maximum atomic E-state index is 11.8. The van der Waals surface area contributed by atoms with Crippen molar-refractivity contribution in [2.75, 3.05) is 25.0 Å². The largest absolute Gasteiger partial charge is 0.353 e. The molecule has 90 valence electrons. The van der Waals surface area contributed by atoms with Crippen molar-refractivity contribution < 1.29 is 9.59 Å². The van der Waals surface area contributed by atoms with E-state index >= 15 is 0 Å². The molecule has 0 saturated carbocycles. The van der Waals surface area contributed by atoms with Crippen molar-refractivity contribution in [3.63, 3.8) is 0 Å². The van der Waals surface area contributed by atoms with Gasteiger partial charge in [0.2, 0.25) is 5.91 Å². The molecule has 0 spiro atoms. The topological polar surface area (TPSA) is 61.4 Å². The second-order valence-corrected chi connectivity index (χ2v) is 4.07. The highest BCUT2D eigenvalue weighted by molar-refractivity contribution is 5.93. The summed E-state index contributed by atoms with van der Waals surface area (Å²) in [5, 5.41) is 5.44. The first-order valence-corrected chi connectivity index (χ1v) is 5.54. The van der Waals surface area contributed by atoms with E-state index < -0.39 is 0 Å². The number of rotatable bonds is 1. The zero-order chi connectivity index (χ0) is 12.3. The van der Waals surface area contributed by atoms with Crippen LogP contribution < -0.4 is 10.6 Å². The third-order valence-electron chi connectivity index (χ3n) is 2.63. The number of amides is 3. The fourth-order valence-corrected chi connectivity index (χ4v) is 1.65. The Bertz CT molecular complexity index is 428. The molecular formula is C12H15N3O2. The van der Waals surface area contributed by atoms with Crippen molar-refractivity contribution in [3.05, 3.63) is 29.8 Å². The summed E-state index contributed by atoms with van der Waals surface area (Å²) in [4.78, 5) is 24.5. The lowest BCUT2D eigenvalue weighted by Gasteiger charge is -2.26. The summed E-state index contributed by atoms with van der Waals surface area (Å²) in [6.07, 6.45) is 0. The van der Waals surface area contributed by atoms with Crippen molar-refractivity contribution in [2.45, 2.75) is 6.92 Å². The van der Waals surface area contributed by atoms with Crippen molar-refractivity contribution in [3.8, 4) is 0 Å². The number of aryl methyl sites for hydroxylation is 1. The summed E-state index contributed by atoms with van der Waals surface area (Å²) in [6.45, 7) is 3.17. The number of carbonyl (C=O) groups is 2. The normalized spacial score (nSPS) is 15.4. The van der Waals surface area contributed by atoms with Crippen LogP contribution in [-0.4, -0.2) is 36.5 Å². The van der Waals surface area contributed by atoms with Crippen molar-refractivity contribution >= 4 is 17.6 Å². The van der Waals surface area contributed by atoms with E-state index in [4.69, 9.17) is 0 Å². The van der Waals surface area contributed by atoms with Crippen LogP contribution in [0.15, 0.2) is 24.3 Å². The lowest BCUT2D eigenvalue weighted by Crippen LogP contribution is -2.51. The number of hydrogen-bond acceptors (Lipinski definition) is 2. The van der Waals surface area contributed by atoms with Crippen LogP contribution in [0.5, 0.6) is 0 Å². The van der Waals surface area contributed by atoms with Gasteiger partial charge in [0.15, 0.2) is 0 Å². The monoisotopic (exact) mass is 233 g/mol. The molecule has 2 rings (SSSR count). The summed E-state index contributed by atoms with van der Waals surface area (Å²) in [6, 6.07) is 7.31. The molecule has 1 saturated heterocycles. The molecule has 1 aromatic carbocycles. The smallest absolute Gasteiger partial charge is 0.322 e. The Labute approximate surface area is 99.8 Å². The summed E-state index contributed by atoms with van der Waals surface area (Å²) >= 11 is 0. The van der Waals surface area contributed by atoms with E-state index in [-0.39, 0.29) is 18.5 Å². The van der Waals surface area contributed by atoms with Crippen LogP contribution in [0.3, 0.4) is 0 Å². The zero-order valence-electron chi connectivity index (χ0n) is 9.69. The third kappa shape index (κ3) is 2.96. The van der Waals surface area contributed by atoms with Gasteiger partial charge >= 0.3 is 6.03 Å². The minimum Gasteiger partial charge on any atom is -0.353 e. The van der Waals surface area contributed by atoms with E-state index in [0.29, 0.717) is 13.1 Å². The number of piperazine rings is 1. The van der Waals surface area contributed by atoms with Crippen LogP contribution in [0.2, 0.25) is 0 Å². The summed E-state index contributed by atoms with van der Waals surface area (Å²) in [5.74, 6) is -0.115. The lowest BCUT2D eigenvalue weighted by molar-refractivity contribution is -0.123. The average molecular weight is 233 g/mol. The molecule has 0 radical (unpaired) electrons. The van der Waals surface area contributed by atoms with Gasteiger partial charge in [0.05, 0.1) is 0 Å². The van der Waals surface area contributed by atoms with Gasteiger partial charge in [0.1, 0.15) is 6.54 Å². The molecule has 1 aliphatic heterocycles. The van der Waals surface area contributed by atoms with E-state index in [1.54, 1.807) is 0 Å². The van der Waals surface area contributed by atoms with Crippen LogP contribution in [0.4, 0.5) is 10.5 Å². The van der Waals surface area contributed by atoms with Gasteiger partial charge in [-0.2, -0.15) is 0 Å². The fourth-order valence-electron chi connectivity index (χ4n) is 1.65. The summed E-state index contributed by atoms with van der Waals surface area (Å²) < 4.78 is 0. The second kappa shape index (κ2) is 4.86.